The molecule has 1 aromatic heterocycles. The van der Waals surface area contributed by atoms with E-state index in [2.05, 4.69) is 5.32 Å². The molecule has 0 aliphatic rings. The van der Waals surface area contributed by atoms with Crippen molar-refractivity contribution in [3.05, 3.63) is 53.5 Å². The van der Waals surface area contributed by atoms with Gasteiger partial charge in [-0.15, -0.1) is 0 Å². The molecule has 19 heavy (non-hydrogen) atoms. The molecule has 100 valence electrons. The van der Waals surface area contributed by atoms with Gasteiger partial charge in [-0.05, 0) is 44.2 Å². The van der Waals surface area contributed by atoms with Crippen LogP contribution in [-0.2, 0) is 4.74 Å². The van der Waals surface area contributed by atoms with E-state index >= 15 is 0 Å². The van der Waals surface area contributed by atoms with E-state index in [1.807, 2.05) is 38.1 Å². The van der Waals surface area contributed by atoms with Crippen LogP contribution < -0.4 is 5.32 Å². The minimum atomic E-state index is -0.342. The maximum absolute atomic E-state index is 11.5. The number of hydrogen-bond acceptors (Lipinski definition) is 4. The Morgan fingerprint density at radius 1 is 1.32 bits per heavy atom. The van der Waals surface area contributed by atoms with E-state index < -0.39 is 0 Å². The van der Waals surface area contributed by atoms with Crippen LogP contribution in [0.3, 0.4) is 0 Å². The third kappa shape index (κ3) is 3.16. The molecule has 2 rings (SSSR count). The van der Waals surface area contributed by atoms with Crippen molar-refractivity contribution >= 4 is 11.7 Å². The maximum Gasteiger partial charge on any atom is 0.337 e. The van der Waals surface area contributed by atoms with Crippen molar-refractivity contribution in [1.29, 1.82) is 0 Å². The Labute approximate surface area is 112 Å². The van der Waals surface area contributed by atoms with E-state index in [4.69, 9.17) is 9.15 Å². The summed E-state index contributed by atoms with van der Waals surface area (Å²) in [7, 11) is 1.37. The highest BCUT2D eigenvalue weighted by Crippen LogP contribution is 2.21. The van der Waals surface area contributed by atoms with Gasteiger partial charge in [0.05, 0.1) is 18.7 Å². The molecule has 1 heterocycles. The minimum Gasteiger partial charge on any atom is -0.465 e. The second-order valence-electron chi connectivity index (χ2n) is 4.39. The Balaban J connectivity index is 2.12. The zero-order valence-corrected chi connectivity index (χ0v) is 11.3. The molecule has 1 N–H and O–H groups in total. The summed E-state index contributed by atoms with van der Waals surface area (Å²) in [6.07, 6.45) is 0. The summed E-state index contributed by atoms with van der Waals surface area (Å²) in [5.74, 6) is 1.40. The SMILES string of the molecule is COC(=O)c1cccc(NC(C)c2ccc(C)o2)c1. The number of carbonyl (C=O) groups is 1. The number of anilines is 1. The van der Waals surface area contributed by atoms with Crippen LogP contribution in [0, 0.1) is 6.92 Å². The first-order valence-electron chi connectivity index (χ1n) is 6.11. The zero-order valence-electron chi connectivity index (χ0n) is 11.3. The molecule has 1 atom stereocenters. The molecule has 2 aromatic rings. The quantitative estimate of drug-likeness (QED) is 0.853. The topological polar surface area (TPSA) is 51.5 Å². The summed E-state index contributed by atoms with van der Waals surface area (Å²) in [5.41, 5.74) is 1.37. The fraction of sp³-hybridized carbons (Fsp3) is 0.267. The number of ether oxygens (including phenoxy) is 1. The number of rotatable bonds is 4. The van der Waals surface area contributed by atoms with Gasteiger partial charge in [0.2, 0.25) is 0 Å². The van der Waals surface area contributed by atoms with Gasteiger partial charge in [0.1, 0.15) is 11.5 Å². The predicted molar refractivity (Wildman–Crippen MR) is 73.3 cm³/mol. The highest BCUT2D eigenvalue weighted by atomic mass is 16.5. The van der Waals surface area contributed by atoms with E-state index in [1.54, 1.807) is 12.1 Å². The molecular weight excluding hydrogens is 242 g/mol. The van der Waals surface area contributed by atoms with Crippen LogP contribution in [0.5, 0.6) is 0 Å². The molecule has 0 spiro atoms. The monoisotopic (exact) mass is 259 g/mol. The fourth-order valence-electron chi connectivity index (χ4n) is 1.86. The van der Waals surface area contributed by atoms with Gasteiger partial charge in [-0.1, -0.05) is 6.07 Å². The largest absolute Gasteiger partial charge is 0.465 e. The average molecular weight is 259 g/mol. The molecule has 0 saturated carbocycles. The van der Waals surface area contributed by atoms with Crippen molar-refractivity contribution in [1.82, 2.24) is 0 Å². The zero-order chi connectivity index (χ0) is 13.8. The lowest BCUT2D eigenvalue weighted by atomic mass is 10.2. The van der Waals surface area contributed by atoms with E-state index in [1.165, 1.54) is 7.11 Å². The summed E-state index contributed by atoms with van der Waals surface area (Å²) < 4.78 is 10.3. The van der Waals surface area contributed by atoms with Crippen molar-refractivity contribution in [2.45, 2.75) is 19.9 Å². The number of methoxy groups -OCH3 is 1. The average Bonchev–Trinajstić information content (AvgIpc) is 2.85. The third-order valence-electron chi connectivity index (χ3n) is 2.85. The van der Waals surface area contributed by atoms with Gasteiger partial charge in [0, 0.05) is 5.69 Å². The van der Waals surface area contributed by atoms with Gasteiger partial charge < -0.3 is 14.5 Å². The molecule has 0 aliphatic heterocycles. The summed E-state index contributed by atoms with van der Waals surface area (Å²) in [4.78, 5) is 11.5. The molecule has 0 bridgehead atoms. The standard InChI is InChI=1S/C15H17NO3/c1-10-7-8-14(19-10)11(2)16-13-6-4-5-12(9-13)15(17)18-3/h4-9,11,16H,1-3H3. The Morgan fingerprint density at radius 2 is 2.11 bits per heavy atom. The number of esters is 1. The first kappa shape index (κ1) is 13.2. The van der Waals surface area contributed by atoms with Crippen LogP contribution in [0.1, 0.15) is 34.8 Å². The second kappa shape index (κ2) is 5.61. The first-order valence-corrected chi connectivity index (χ1v) is 6.11. The molecule has 1 aromatic carbocycles. The molecule has 4 nitrogen and oxygen atoms in total. The van der Waals surface area contributed by atoms with Gasteiger partial charge in [-0.2, -0.15) is 0 Å². The number of furan rings is 1. The van der Waals surface area contributed by atoms with Crippen molar-refractivity contribution in [3.63, 3.8) is 0 Å². The maximum atomic E-state index is 11.5. The Bertz CT molecular complexity index is 574. The molecular formula is C15H17NO3. The lowest BCUT2D eigenvalue weighted by molar-refractivity contribution is 0.0601. The molecule has 1 unspecified atom stereocenters. The van der Waals surface area contributed by atoms with Crippen LogP contribution in [-0.4, -0.2) is 13.1 Å². The first-order chi connectivity index (χ1) is 9.10. The predicted octanol–water partition coefficient (Wildman–Crippen LogP) is 3.55. The van der Waals surface area contributed by atoms with Crippen LogP contribution in [0.15, 0.2) is 40.8 Å². The summed E-state index contributed by atoms with van der Waals surface area (Å²) in [6.45, 7) is 3.91. The smallest absolute Gasteiger partial charge is 0.337 e. The highest BCUT2D eigenvalue weighted by Gasteiger charge is 2.11. The lowest BCUT2D eigenvalue weighted by Gasteiger charge is -2.13. The molecule has 0 amide bonds. The summed E-state index contributed by atoms with van der Waals surface area (Å²) >= 11 is 0. The van der Waals surface area contributed by atoms with Crippen molar-refractivity contribution in [3.8, 4) is 0 Å². The number of aryl methyl sites for hydroxylation is 1. The van der Waals surface area contributed by atoms with Crippen molar-refractivity contribution < 1.29 is 13.9 Å². The Morgan fingerprint density at radius 3 is 2.74 bits per heavy atom. The highest BCUT2D eigenvalue weighted by molar-refractivity contribution is 5.90. The van der Waals surface area contributed by atoms with E-state index in [-0.39, 0.29) is 12.0 Å². The number of benzene rings is 1. The van der Waals surface area contributed by atoms with Gasteiger partial charge >= 0.3 is 5.97 Å². The molecule has 0 saturated heterocycles. The van der Waals surface area contributed by atoms with E-state index in [0.717, 1.165) is 17.2 Å². The lowest BCUT2D eigenvalue weighted by Crippen LogP contribution is -2.07. The molecule has 4 heteroatoms. The molecule has 0 aliphatic carbocycles. The van der Waals surface area contributed by atoms with Gasteiger partial charge in [-0.25, -0.2) is 4.79 Å². The molecule has 0 radical (unpaired) electrons. The van der Waals surface area contributed by atoms with Crippen LogP contribution in [0.2, 0.25) is 0 Å². The minimum absolute atomic E-state index is 0.0293. The Kier molecular flexibility index (Phi) is 3.90. The van der Waals surface area contributed by atoms with Crippen LogP contribution in [0.4, 0.5) is 5.69 Å². The second-order valence-corrected chi connectivity index (χ2v) is 4.39. The van der Waals surface area contributed by atoms with Crippen LogP contribution >= 0.6 is 0 Å². The van der Waals surface area contributed by atoms with Crippen molar-refractivity contribution in [2.75, 3.05) is 12.4 Å². The van der Waals surface area contributed by atoms with E-state index in [9.17, 15) is 4.79 Å². The van der Waals surface area contributed by atoms with Crippen LogP contribution in [0.25, 0.3) is 0 Å². The van der Waals surface area contributed by atoms with Gasteiger partial charge in [0.15, 0.2) is 0 Å². The summed E-state index contributed by atoms with van der Waals surface area (Å²) in [6, 6.07) is 11.1. The summed E-state index contributed by atoms with van der Waals surface area (Å²) in [5, 5.41) is 3.29. The number of carbonyl (C=O) groups excluding carboxylic acids is 1. The van der Waals surface area contributed by atoms with E-state index in [0.29, 0.717) is 5.56 Å². The Hall–Kier alpha value is -2.23. The molecule has 0 fully saturated rings. The van der Waals surface area contributed by atoms with Crippen molar-refractivity contribution in [2.24, 2.45) is 0 Å². The normalized spacial score (nSPS) is 11.9. The van der Waals surface area contributed by atoms with Gasteiger partial charge in [-0.3, -0.25) is 0 Å². The fourth-order valence-corrected chi connectivity index (χ4v) is 1.86. The van der Waals surface area contributed by atoms with Gasteiger partial charge in [0.25, 0.3) is 0 Å². The third-order valence-corrected chi connectivity index (χ3v) is 2.85. The number of hydrogen-bond donors (Lipinski definition) is 1. The number of nitrogens with one attached hydrogen (secondary N) is 1.